The van der Waals surface area contributed by atoms with Gasteiger partial charge in [0.2, 0.25) is 0 Å². The first kappa shape index (κ1) is 16.5. The molecule has 1 N–H and O–H groups in total. The van der Waals surface area contributed by atoms with Gasteiger partial charge in [0.05, 0.1) is 13.5 Å². The van der Waals surface area contributed by atoms with Crippen LogP contribution in [0.3, 0.4) is 0 Å². The van der Waals surface area contributed by atoms with E-state index in [4.69, 9.17) is 14.6 Å². The van der Waals surface area contributed by atoms with Crippen LogP contribution in [0, 0.1) is 5.92 Å². The number of hydrogen-bond donors (Lipinski definition) is 1. The number of hydrogen-bond acceptors (Lipinski definition) is 4. The minimum absolute atomic E-state index is 0.0848. The van der Waals surface area contributed by atoms with Gasteiger partial charge in [-0.25, -0.2) is 0 Å². The SMILES string of the molecule is COc1cc(C(CC(=O)O)C2CC2)ccc1OC1CCSCC1. The van der Waals surface area contributed by atoms with Gasteiger partial charge in [-0.05, 0) is 66.7 Å². The number of ether oxygens (including phenoxy) is 2. The highest BCUT2D eigenvalue weighted by Gasteiger charge is 2.34. The van der Waals surface area contributed by atoms with Crippen molar-refractivity contribution in [2.45, 2.75) is 44.1 Å². The highest BCUT2D eigenvalue weighted by Crippen LogP contribution is 2.46. The number of carboxylic acids is 1. The molecule has 23 heavy (non-hydrogen) atoms. The summed E-state index contributed by atoms with van der Waals surface area (Å²) < 4.78 is 11.6. The number of benzene rings is 1. The largest absolute Gasteiger partial charge is 0.493 e. The fraction of sp³-hybridized carbons (Fsp3) is 0.611. The molecule has 2 fully saturated rings. The highest BCUT2D eigenvalue weighted by atomic mass is 32.2. The normalized spacial score (nSPS) is 20.0. The molecular formula is C18H24O4S. The molecule has 1 unspecified atom stereocenters. The zero-order valence-corrected chi connectivity index (χ0v) is 14.3. The first-order valence-corrected chi connectivity index (χ1v) is 9.47. The van der Waals surface area contributed by atoms with Crippen molar-refractivity contribution in [1.29, 1.82) is 0 Å². The average molecular weight is 336 g/mol. The lowest BCUT2D eigenvalue weighted by molar-refractivity contribution is -0.137. The summed E-state index contributed by atoms with van der Waals surface area (Å²) in [5, 5.41) is 9.16. The van der Waals surface area contributed by atoms with Crippen LogP contribution in [-0.2, 0) is 4.79 Å². The van der Waals surface area contributed by atoms with Crippen LogP contribution in [0.4, 0.5) is 0 Å². The Bertz CT molecular complexity index is 550. The van der Waals surface area contributed by atoms with Gasteiger partial charge in [0.1, 0.15) is 6.10 Å². The average Bonchev–Trinajstić information content (AvgIpc) is 3.39. The number of rotatable bonds is 7. The van der Waals surface area contributed by atoms with Gasteiger partial charge in [-0.2, -0.15) is 11.8 Å². The zero-order chi connectivity index (χ0) is 16.2. The van der Waals surface area contributed by atoms with E-state index in [1.54, 1.807) is 7.11 Å². The summed E-state index contributed by atoms with van der Waals surface area (Å²) in [4.78, 5) is 11.1. The molecule has 1 atom stereocenters. The number of thioether (sulfide) groups is 1. The van der Waals surface area contributed by atoms with Crippen LogP contribution in [0.25, 0.3) is 0 Å². The van der Waals surface area contributed by atoms with Crippen molar-refractivity contribution in [2.75, 3.05) is 18.6 Å². The molecule has 126 valence electrons. The third-order valence-electron chi connectivity index (χ3n) is 4.66. The van der Waals surface area contributed by atoms with E-state index in [1.807, 2.05) is 30.0 Å². The van der Waals surface area contributed by atoms with Gasteiger partial charge in [0, 0.05) is 0 Å². The van der Waals surface area contributed by atoms with Crippen molar-refractivity contribution in [1.82, 2.24) is 0 Å². The van der Waals surface area contributed by atoms with Crippen LogP contribution in [0.5, 0.6) is 11.5 Å². The van der Waals surface area contributed by atoms with Gasteiger partial charge in [0.25, 0.3) is 0 Å². The third kappa shape index (κ3) is 4.34. The van der Waals surface area contributed by atoms with Crippen LogP contribution >= 0.6 is 11.8 Å². The monoisotopic (exact) mass is 336 g/mol. The van der Waals surface area contributed by atoms with Crippen molar-refractivity contribution in [3.05, 3.63) is 23.8 Å². The van der Waals surface area contributed by atoms with E-state index in [0.29, 0.717) is 5.92 Å². The van der Waals surface area contributed by atoms with Crippen molar-refractivity contribution in [2.24, 2.45) is 5.92 Å². The van der Waals surface area contributed by atoms with Crippen molar-refractivity contribution >= 4 is 17.7 Å². The molecule has 4 nitrogen and oxygen atoms in total. The molecule has 1 aliphatic carbocycles. The van der Waals surface area contributed by atoms with Crippen LogP contribution in [0.2, 0.25) is 0 Å². The second kappa shape index (κ2) is 7.47. The molecule has 1 aromatic carbocycles. The summed E-state index contributed by atoms with van der Waals surface area (Å²) in [6.07, 6.45) is 4.83. The smallest absolute Gasteiger partial charge is 0.303 e. The van der Waals surface area contributed by atoms with Gasteiger partial charge < -0.3 is 14.6 Å². The number of aliphatic carboxylic acids is 1. The molecule has 1 saturated heterocycles. The summed E-state index contributed by atoms with van der Waals surface area (Å²) in [5.74, 6) is 3.64. The molecule has 0 spiro atoms. The van der Waals surface area contributed by atoms with E-state index < -0.39 is 5.97 Å². The van der Waals surface area contributed by atoms with Gasteiger partial charge >= 0.3 is 5.97 Å². The minimum Gasteiger partial charge on any atom is -0.493 e. The molecule has 0 amide bonds. The molecule has 1 aromatic rings. The van der Waals surface area contributed by atoms with Gasteiger partial charge in [-0.1, -0.05) is 6.07 Å². The quantitative estimate of drug-likeness (QED) is 0.817. The molecular weight excluding hydrogens is 312 g/mol. The maximum atomic E-state index is 11.1. The standard InChI is InChI=1S/C18H24O4S/c1-21-17-10-13(15(11-18(19)20)12-2-3-12)4-5-16(17)22-14-6-8-23-9-7-14/h4-5,10,12,14-15H,2-3,6-9,11H2,1H3,(H,19,20). The predicted octanol–water partition coefficient (Wildman–Crippen LogP) is 3.94. The summed E-state index contributed by atoms with van der Waals surface area (Å²) in [6.45, 7) is 0. The maximum Gasteiger partial charge on any atom is 0.303 e. The topological polar surface area (TPSA) is 55.8 Å². The molecule has 0 aromatic heterocycles. The fourth-order valence-corrected chi connectivity index (χ4v) is 4.29. The summed E-state index contributed by atoms with van der Waals surface area (Å²) in [7, 11) is 1.64. The molecule has 2 aliphatic rings. The Balaban J connectivity index is 1.76. The number of methoxy groups -OCH3 is 1. The second-order valence-corrected chi connectivity index (χ2v) is 7.61. The first-order valence-electron chi connectivity index (χ1n) is 8.31. The lowest BCUT2D eigenvalue weighted by Crippen LogP contribution is -2.22. The molecule has 5 heteroatoms. The molecule has 1 saturated carbocycles. The molecule has 1 heterocycles. The molecule has 1 aliphatic heterocycles. The van der Waals surface area contributed by atoms with Crippen LogP contribution in [-0.4, -0.2) is 35.8 Å². The van der Waals surface area contributed by atoms with Crippen molar-refractivity contribution < 1.29 is 19.4 Å². The summed E-state index contributed by atoms with van der Waals surface area (Å²) in [6, 6.07) is 5.94. The van der Waals surface area contributed by atoms with Crippen LogP contribution < -0.4 is 9.47 Å². The van der Waals surface area contributed by atoms with Crippen molar-refractivity contribution in [3.8, 4) is 11.5 Å². The number of carbonyl (C=O) groups is 1. The second-order valence-electron chi connectivity index (χ2n) is 6.38. The Kier molecular flexibility index (Phi) is 5.36. The van der Waals surface area contributed by atoms with E-state index in [0.717, 1.165) is 54.3 Å². The van der Waals surface area contributed by atoms with E-state index in [9.17, 15) is 4.79 Å². The minimum atomic E-state index is -0.735. The molecule has 0 bridgehead atoms. The van der Waals surface area contributed by atoms with Crippen LogP contribution in [0.1, 0.15) is 43.6 Å². The van der Waals surface area contributed by atoms with E-state index in [-0.39, 0.29) is 18.4 Å². The third-order valence-corrected chi connectivity index (χ3v) is 5.71. The predicted molar refractivity (Wildman–Crippen MR) is 91.7 cm³/mol. The summed E-state index contributed by atoms with van der Waals surface area (Å²) >= 11 is 1.97. The Labute approximate surface area is 141 Å². The number of carboxylic acid groups (broad SMARTS) is 1. The Morgan fingerprint density at radius 3 is 2.61 bits per heavy atom. The Hall–Kier alpha value is -1.36. The first-order chi connectivity index (χ1) is 11.2. The van der Waals surface area contributed by atoms with Gasteiger partial charge in [0.15, 0.2) is 11.5 Å². The molecule has 0 radical (unpaired) electrons. The van der Waals surface area contributed by atoms with Gasteiger partial charge in [-0.3, -0.25) is 4.79 Å². The maximum absolute atomic E-state index is 11.1. The van der Waals surface area contributed by atoms with Gasteiger partial charge in [-0.15, -0.1) is 0 Å². The van der Waals surface area contributed by atoms with Crippen molar-refractivity contribution in [3.63, 3.8) is 0 Å². The molecule has 3 rings (SSSR count). The van der Waals surface area contributed by atoms with E-state index in [1.165, 1.54) is 0 Å². The fourth-order valence-electron chi connectivity index (χ4n) is 3.23. The summed E-state index contributed by atoms with van der Waals surface area (Å²) in [5.41, 5.74) is 1.05. The zero-order valence-electron chi connectivity index (χ0n) is 13.5. The van der Waals surface area contributed by atoms with Crippen LogP contribution in [0.15, 0.2) is 18.2 Å². The Morgan fingerprint density at radius 2 is 2.00 bits per heavy atom. The van der Waals surface area contributed by atoms with E-state index in [2.05, 4.69) is 0 Å². The lowest BCUT2D eigenvalue weighted by atomic mass is 9.91. The highest BCUT2D eigenvalue weighted by molar-refractivity contribution is 7.99. The Morgan fingerprint density at radius 1 is 1.26 bits per heavy atom. The lowest BCUT2D eigenvalue weighted by Gasteiger charge is -2.24. The van der Waals surface area contributed by atoms with E-state index >= 15 is 0 Å².